The van der Waals surface area contributed by atoms with Crippen LogP contribution in [0.15, 0.2) is 78.0 Å². The normalized spacial score (nSPS) is 13.3. The van der Waals surface area contributed by atoms with Crippen LogP contribution in [0.3, 0.4) is 0 Å². The highest BCUT2D eigenvalue weighted by molar-refractivity contribution is 7.99. The summed E-state index contributed by atoms with van der Waals surface area (Å²) in [5.41, 5.74) is 3.04. The molecule has 0 spiro atoms. The van der Waals surface area contributed by atoms with Crippen LogP contribution < -0.4 is 15.0 Å². The standard InChI is InChI=1S/C27H26ClN7O3S/c1-38-22-12-10-21(11-13-22)35-27(30-31-32-35)39-18-25(36)29-19-6-8-20(9-7-19)33-14-16-34(17-15-33)26(37)23-4-2-3-5-24(23)28/h2-13H,14-18H2,1H3,(H,29,36). The first-order valence-electron chi connectivity index (χ1n) is 12.3. The molecule has 0 atom stereocenters. The number of nitrogens with one attached hydrogen (secondary N) is 1. The summed E-state index contributed by atoms with van der Waals surface area (Å²) in [4.78, 5) is 29.4. The lowest BCUT2D eigenvalue weighted by molar-refractivity contribution is -0.113. The molecule has 200 valence electrons. The molecule has 0 aliphatic carbocycles. The Hall–Kier alpha value is -4.09. The van der Waals surface area contributed by atoms with Gasteiger partial charge in [-0.25, -0.2) is 0 Å². The lowest BCUT2D eigenvalue weighted by atomic mass is 10.1. The molecule has 1 aliphatic heterocycles. The molecule has 0 radical (unpaired) electrons. The Morgan fingerprint density at radius 1 is 0.949 bits per heavy atom. The lowest BCUT2D eigenvalue weighted by Gasteiger charge is -2.36. The number of piperazine rings is 1. The van der Waals surface area contributed by atoms with Crippen molar-refractivity contribution in [3.05, 3.63) is 83.4 Å². The van der Waals surface area contributed by atoms with Gasteiger partial charge in [0.1, 0.15) is 5.75 Å². The lowest BCUT2D eigenvalue weighted by Crippen LogP contribution is -2.48. The predicted octanol–water partition coefficient (Wildman–Crippen LogP) is 4.02. The van der Waals surface area contributed by atoms with Gasteiger partial charge in [-0.05, 0) is 71.1 Å². The summed E-state index contributed by atoms with van der Waals surface area (Å²) in [5.74, 6) is 0.676. The number of thioether (sulfide) groups is 1. The minimum atomic E-state index is -0.163. The molecule has 5 rings (SSSR count). The number of halogens is 1. The van der Waals surface area contributed by atoms with Crippen LogP contribution in [0, 0.1) is 0 Å². The maximum atomic E-state index is 12.8. The Bertz CT molecular complexity index is 1440. The van der Waals surface area contributed by atoms with Gasteiger partial charge >= 0.3 is 0 Å². The second kappa shape index (κ2) is 12.2. The molecule has 39 heavy (non-hydrogen) atoms. The van der Waals surface area contributed by atoms with E-state index in [2.05, 4.69) is 25.7 Å². The largest absolute Gasteiger partial charge is 0.497 e. The van der Waals surface area contributed by atoms with E-state index >= 15 is 0 Å². The van der Waals surface area contributed by atoms with E-state index < -0.39 is 0 Å². The van der Waals surface area contributed by atoms with Crippen molar-refractivity contribution < 1.29 is 14.3 Å². The number of ether oxygens (including phenoxy) is 1. The maximum Gasteiger partial charge on any atom is 0.255 e. The molecular weight excluding hydrogens is 538 g/mol. The van der Waals surface area contributed by atoms with E-state index in [1.54, 1.807) is 23.9 Å². The number of anilines is 2. The second-order valence-electron chi connectivity index (χ2n) is 8.71. The van der Waals surface area contributed by atoms with Gasteiger partial charge < -0.3 is 19.9 Å². The van der Waals surface area contributed by atoms with Crippen LogP contribution in [-0.2, 0) is 4.79 Å². The third-order valence-electron chi connectivity index (χ3n) is 6.28. The number of hydrogen-bond donors (Lipinski definition) is 1. The summed E-state index contributed by atoms with van der Waals surface area (Å²) in [5, 5.41) is 15.7. The number of hydrogen-bond acceptors (Lipinski definition) is 8. The van der Waals surface area contributed by atoms with Gasteiger partial charge in [-0.1, -0.05) is 35.5 Å². The van der Waals surface area contributed by atoms with E-state index in [1.165, 1.54) is 11.8 Å². The van der Waals surface area contributed by atoms with Crippen LogP contribution in [0.4, 0.5) is 11.4 Å². The number of benzene rings is 3. The van der Waals surface area contributed by atoms with Gasteiger partial charge in [0.15, 0.2) is 0 Å². The van der Waals surface area contributed by atoms with Crippen molar-refractivity contribution in [2.24, 2.45) is 0 Å². The summed E-state index contributed by atoms with van der Waals surface area (Å²) in [6.45, 7) is 2.63. The average molecular weight is 564 g/mol. The zero-order valence-electron chi connectivity index (χ0n) is 21.2. The van der Waals surface area contributed by atoms with Crippen molar-refractivity contribution in [2.75, 3.05) is 49.3 Å². The minimum Gasteiger partial charge on any atom is -0.497 e. The number of carbonyl (C=O) groups is 2. The van der Waals surface area contributed by atoms with Crippen molar-refractivity contribution in [1.82, 2.24) is 25.1 Å². The number of carbonyl (C=O) groups excluding carboxylic acids is 2. The third kappa shape index (κ3) is 6.32. The number of aromatic nitrogens is 4. The molecule has 1 N–H and O–H groups in total. The number of amides is 2. The number of nitrogens with zero attached hydrogens (tertiary/aromatic N) is 6. The summed E-state index contributed by atoms with van der Waals surface area (Å²) < 4.78 is 6.76. The van der Waals surface area contributed by atoms with Crippen LogP contribution in [0.25, 0.3) is 5.69 Å². The summed E-state index contributed by atoms with van der Waals surface area (Å²) in [6, 6.07) is 22.1. The second-order valence-corrected chi connectivity index (χ2v) is 10.1. The molecule has 2 amide bonds. The fourth-order valence-corrected chi connectivity index (χ4v) is 5.12. The third-order valence-corrected chi connectivity index (χ3v) is 7.53. The molecule has 1 aromatic heterocycles. The molecule has 1 fully saturated rings. The molecule has 0 bridgehead atoms. The SMILES string of the molecule is COc1ccc(-n2nnnc2SCC(=O)Nc2ccc(N3CCN(C(=O)c4ccccc4Cl)CC3)cc2)cc1. The Balaban J connectivity index is 1.11. The first-order chi connectivity index (χ1) is 19.0. The van der Waals surface area contributed by atoms with Gasteiger partial charge in [-0.15, -0.1) is 5.10 Å². The Kier molecular flexibility index (Phi) is 8.28. The fraction of sp³-hybridized carbons (Fsp3) is 0.222. The van der Waals surface area contributed by atoms with Gasteiger partial charge in [0.05, 0.1) is 29.1 Å². The summed E-state index contributed by atoms with van der Waals surface area (Å²) in [6.07, 6.45) is 0. The zero-order chi connectivity index (χ0) is 27.2. The van der Waals surface area contributed by atoms with Crippen molar-refractivity contribution in [1.29, 1.82) is 0 Å². The van der Waals surface area contributed by atoms with Gasteiger partial charge in [0.2, 0.25) is 11.1 Å². The molecule has 1 saturated heterocycles. The van der Waals surface area contributed by atoms with E-state index in [1.807, 2.05) is 65.6 Å². The molecule has 0 unspecified atom stereocenters. The highest BCUT2D eigenvalue weighted by Gasteiger charge is 2.23. The van der Waals surface area contributed by atoms with E-state index in [4.69, 9.17) is 16.3 Å². The topological polar surface area (TPSA) is 105 Å². The molecule has 3 aromatic carbocycles. The van der Waals surface area contributed by atoms with Crippen molar-refractivity contribution in [3.63, 3.8) is 0 Å². The fourth-order valence-electron chi connectivity index (χ4n) is 4.21. The highest BCUT2D eigenvalue weighted by atomic mass is 35.5. The molecule has 1 aliphatic rings. The molecule has 2 heterocycles. The minimum absolute atomic E-state index is 0.0470. The predicted molar refractivity (Wildman–Crippen MR) is 151 cm³/mol. The van der Waals surface area contributed by atoms with E-state index in [0.29, 0.717) is 47.6 Å². The van der Waals surface area contributed by atoms with Gasteiger partial charge in [-0.3, -0.25) is 9.59 Å². The summed E-state index contributed by atoms with van der Waals surface area (Å²) in [7, 11) is 1.61. The molecule has 0 saturated carbocycles. The summed E-state index contributed by atoms with van der Waals surface area (Å²) >= 11 is 7.45. The van der Waals surface area contributed by atoms with E-state index in [0.717, 1.165) is 17.1 Å². The van der Waals surface area contributed by atoms with Crippen molar-refractivity contribution in [3.8, 4) is 11.4 Å². The number of tetrazole rings is 1. The number of rotatable bonds is 8. The van der Waals surface area contributed by atoms with E-state index in [-0.39, 0.29) is 17.6 Å². The maximum absolute atomic E-state index is 12.8. The first kappa shape index (κ1) is 26.5. The van der Waals surface area contributed by atoms with Crippen LogP contribution >= 0.6 is 23.4 Å². The number of methoxy groups -OCH3 is 1. The Morgan fingerprint density at radius 2 is 1.64 bits per heavy atom. The zero-order valence-corrected chi connectivity index (χ0v) is 22.7. The van der Waals surface area contributed by atoms with Crippen molar-refractivity contribution in [2.45, 2.75) is 5.16 Å². The first-order valence-corrected chi connectivity index (χ1v) is 13.6. The average Bonchev–Trinajstić information content (AvgIpc) is 3.45. The van der Waals surface area contributed by atoms with Crippen LogP contribution in [0.2, 0.25) is 5.02 Å². The van der Waals surface area contributed by atoms with E-state index in [9.17, 15) is 9.59 Å². The smallest absolute Gasteiger partial charge is 0.255 e. The van der Waals surface area contributed by atoms with Crippen LogP contribution in [0.5, 0.6) is 5.75 Å². The van der Waals surface area contributed by atoms with Crippen molar-refractivity contribution >= 4 is 46.6 Å². The van der Waals surface area contributed by atoms with Crippen LogP contribution in [0.1, 0.15) is 10.4 Å². The quantitative estimate of drug-likeness (QED) is 0.321. The van der Waals surface area contributed by atoms with Gasteiger partial charge in [0, 0.05) is 37.6 Å². The Labute approximate surface area is 234 Å². The van der Waals surface area contributed by atoms with Crippen LogP contribution in [-0.4, -0.2) is 76.0 Å². The molecule has 10 nitrogen and oxygen atoms in total. The molecule has 4 aromatic rings. The monoisotopic (exact) mass is 563 g/mol. The Morgan fingerprint density at radius 3 is 2.33 bits per heavy atom. The highest BCUT2D eigenvalue weighted by Crippen LogP contribution is 2.23. The van der Waals surface area contributed by atoms with Gasteiger partial charge in [0.25, 0.3) is 5.91 Å². The van der Waals surface area contributed by atoms with Gasteiger partial charge in [-0.2, -0.15) is 4.68 Å². The molecule has 12 heteroatoms. The molecular formula is C27H26ClN7O3S.